The molecular formula is C14H21ClO2. The van der Waals surface area contributed by atoms with E-state index in [1.54, 1.807) is 0 Å². The van der Waals surface area contributed by atoms with Gasteiger partial charge in [0.2, 0.25) is 0 Å². The average molecular weight is 257 g/mol. The van der Waals surface area contributed by atoms with E-state index in [1.807, 2.05) is 0 Å². The topological polar surface area (TPSA) is 37.3 Å². The molecule has 1 N–H and O–H groups in total. The molecule has 0 heterocycles. The molecule has 2 unspecified atom stereocenters. The standard InChI is InChI=1S/C14H21ClO2/c1-12-3-9-4-13(2,6-12)8-14(5-9,7-12)10(15)11(16)17/h9-10H,3-8H2,1-2H3,(H,16,17)/t9?,10-,12-,13+,14?/m1/s1. The van der Waals surface area contributed by atoms with Gasteiger partial charge in [-0.2, -0.15) is 0 Å². The second-order valence-electron chi connectivity index (χ2n) is 7.69. The van der Waals surface area contributed by atoms with Crippen molar-refractivity contribution in [2.75, 3.05) is 0 Å². The average Bonchev–Trinajstić information content (AvgIpc) is 2.10. The predicted molar refractivity (Wildman–Crippen MR) is 67.1 cm³/mol. The molecule has 0 spiro atoms. The number of halogens is 1. The molecule has 4 saturated carbocycles. The fourth-order valence-corrected chi connectivity index (χ4v) is 6.32. The first-order valence-electron chi connectivity index (χ1n) is 6.63. The number of hydrogen-bond acceptors (Lipinski definition) is 1. The molecule has 0 aromatic heterocycles. The van der Waals surface area contributed by atoms with E-state index in [2.05, 4.69) is 13.8 Å². The van der Waals surface area contributed by atoms with Crippen LogP contribution in [-0.2, 0) is 4.79 Å². The van der Waals surface area contributed by atoms with E-state index in [-0.39, 0.29) is 5.41 Å². The van der Waals surface area contributed by atoms with Gasteiger partial charge in [-0.25, -0.2) is 0 Å². The molecule has 0 saturated heterocycles. The van der Waals surface area contributed by atoms with Crippen molar-refractivity contribution in [1.82, 2.24) is 0 Å². The highest BCUT2D eigenvalue weighted by molar-refractivity contribution is 6.30. The van der Waals surface area contributed by atoms with Gasteiger partial charge >= 0.3 is 5.97 Å². The van der Waals surface area contributed by atoms with Gasteiger partial charge < -0.3 is 5.11 Å². The van der Waals surface area contributed by atoms with Crippen molar-refractivity contribution in [1.29, 1.82) is 0 Å². The second kappa shape index (κ2) is 3.20. The Morgan fingerprint density at radius 3 is 2.12 bits per heavy atom. The van der Waals surface area contributed by atoms with Crippen molar-refractivity contribution >= 4 is 17.6 Å². The first kappa shape index (κ1) is 11.8. The summed E-state index contributed by atoms with van der Waals surface area (Å²) in [5.41, 5.74) is 0.559. The van der Waals surface area contributed by atoms with Crippen LogP contribution in [0.25, 0.3) is 0 Å². The summed E-state index contributed by atoms with van der Waals surface area (Å²) in [4.78, 5) is 11.3. The summed E-state index contributed by atoms with van der Waals surface area (Å²) in [7, 11) is 0. The van der Waals surface area contributed by atoms with Gasteiger partial charge in [-0.1, -0.05) is 13.8 Å². The van der Waals surface area contributed by atoms with E-state index in [9.17, 15) is 9.90 Å². The maximum atomic E-state index is 11.3. The smallest absolute Gasteiger partial charge is 0.322 e. The van der Waals surface area contributed by atoms with Gasteiger partial charge in [0.15, 0.2) is 0 Å². The summed E-state index contributed by atoms with van der Waals surface area (Å²) in [6, 6.07) is 0. The first-order chi connectivity index (χ1) is 7.76. The summed E-state index contributed by atoms with van der Waals surface area (Å²) >= 11 is 6.26. The van der Waals surface area contributed by atoms with Crippen molar-refractivity contribution in [3.63, 3.8) is 0 Å². The Balaban J connectivity index is 2.00. The summed E-state index contributed by atoms with van der Waals surface area (Å²) in [6.07, 6.45) is 6.92. The maximum Gasteiger partial charge on any atom is 0.322 e. The van der Waals surface area contributed by atoms with Crippen LogP contribution in [0.15, 0.2) is 0 Å². The molecule has 17 heavy (non-hydrogen) atoms. The van der Waals surface area contributed by atoms with E-state index in [0.717, 1.165) is 19.3 Å². The molecule has 4 fully saturated rings. The van der Waals surface area contributed by atoms with Crippen LogP contribution in [0, 0.1) is 22.2 Å². The lowest BCUT2D eigenvalue weighted by molar-refractivity contribution is -0.162. The maximum absolute atomic E-state index is 11.3. The minimum atomic E-state index is -0.819. The molecule has 0 aromatic carbocycles. The minimum Gasteiger partial charge on any atom is -0.480 e. The van der Waals surface area contributed by atoms with E-state index < -0.39 is 11.3 Å². The molecule has 4 bridgehead atoms. The van der Waals surface area contributed by atoms with Crippen LogP contribution in [-0.4, -0.2) is 16.5 Å². The summed E-state index contributed by atoms with van der Waals surface area (Å²) in [5, 5.41) is 8.59. The number of rotatable bonds is 2. The SMILES string of the molecule is C[C@]12CC3CC([C@H](Cl)C(=O)O)(C1)C[C@@](C)(C3)C2. The van der Waals surface area contributed by atoms with Crippen molar-refractivity contribution in [2.45, 2.75) is 57.7 Å². The molecule has 3 heteroatoms. The predicted octanol–water partition coefficient (Wildman–Crippen LogP) is 3.68. The Hall–Kier alpha value is -0.240. The Morgan fingerprint density at radius 1 is 1.18 bits per heavy atom. The van der Waals surface area contributed by atoms with Crippen LogP contribution in [0.3, 0.4) is 0 Å². The highest BCUT2D eigenvalue weighted by Crippen LogP contribution is 2.70. The molecule has 0 amide bonds. The molecule has 2 nitrogen and oxygen atoms in total. The van der Waals surface area contributed by atoms with Crippen LogP contribution in [0.2, 0.25) is 0 Å². The van der Waals surface area contributed by atoms with E-state index in [0.29, 0.717) is 16.7 Å². The molecule has 4 aliphatic rings. The molecule has 0 aliphatic heterocycles. The van der Waals surface area contributed by atoms with Gasteiger partial charge in [-0.05, 0) is 60.7 Å². The third kappa shape index (κ3) is 1.63. The van der Waals surface area contributed by atoms with Gasteiger partial charge in [0, 0.05) is 0 Å². The highest BCUT2D eigenvalue weighted by atomic mass is 35.5. The van der Waals surface area contributed by atoms with Crippen molar-refractivity contribution in [3.05, 3.63) is 0 Å². The quantitative estimate of drug-likeness (QED) is 0.766. The first-order valence-corrected chi connectivity index (χ1v) is 7.07. The third-order valence-corrected chi connectivity index (χ3v) is 6.07. The largest absolute Gasteiger partial charge is 0.480 e. The molecule has 5 atom stereocenters. The number of carboxylic acids is 1. The van der Waals surface area contributed by atoms with Crippen molar-refractivity contribution in [2.24, 2.45) is 22.2 Å². The number of carboxylic acid groups (broad SMARTS) is 1. The summed E-state index contributed by atoms with van der Waals surface area (Å²) < 4.78 is 0. The van der Waals surface area contributed by atoms with E-state index in [4.69, 9.17) is 11.6 Å². The van der Waals surface area contributed by atoms with Crippen LogP contribution < -0.4 is 0 Å². The van der Waals surface area contributed by atoms with Crippen LogP contribution in [0.1, 0.15) is 52.4 Å². The van der Waals surface area contributed by atoms with Crippen molar-refractivity contribution < 1.29 is 9.90 Å². The third-order valence-electron chi connectivity index (χ3n) is 5.42. The van der Waals surface area contributed by atoms with E-state index >= 15 is 0 Å². The van der Waals surface area contributed by atoms with Crippen LogP contribution >= 0.6 is 11.6 Å². The molecule has 0 aromatic rings. The monoisotopic (exact) mass is 256 g/mol. The van der Waals surface area contributed by atoms with E-state index in [1.165, 1.54) is 19.3 Å². The molecule has 0 radical (unpaired) electrons. The molecular weight excluding hydrogens is 236 g/mol. The summed E-state index contributed by atoms with van der Waals surface area (Å²) in [6.45, 7) is 4.69. The Kier molecular flexibility index (Phi) is 2.23. The zero-order valence-electron chi connectivity index (χ0n) is 10.6. The Bertz CT molecular complexity index is 360. The minimum absolute atomic E-state index is 0.129. The normalized spacial score (nSPS) is 53.7. The Labute approximate surface area is 108 Å². The zero-order chi connectivity index (χ0) is 12.5. The van der Waals surface area contributed by atoms with Gasteiger partial charge in [-0.15, -0.1) is 11.6 Å². The zero-order valence-corrected chi connectivity index (χ0v) is 11.4. The lowest BCUT2D eigenvalue weighted by Gasteiger charge is -2.66. The number of carbonyl (C=O) groups is 1. The second-order valence-corrected chi connectivity index (χ2v) is 8.13. The fraction of sp³-hybridized carbons (Fsp3) is 0.929. The number of alkyl halides is 1. The number of hydrogen-bond donors (Lipinski definition) is 1. The lowest BCUT2D eigenvalue weighted by Crippen LogP contribution is -2.59. The lowest BCUT2D eigenvalue weighted by atomic mass is 9.40. The fourth-order valence-electron chi connectivity index (χ4n) is 6.08. The molecule has 96 valence electrons. The number of aliphatic carboxylic acids is 1. The highest BCUT2D eigenvalue weighted by Gasteiger charge is 2.63. The van der Waals surface area contributed by atoms with Crippen molar-refractivity contribution in [3.8, 4) is 0 Å². The van der Waals surface area contributed by atoms with Gasteiger partial charge in [0.05, 0.1) is 0 Å². The Morgan fingerprint density at radius 2 is 1.71 bits per heavy atom. The van der Waals surface area contributed by atoms with Crippen LogP contribution in [0.4, 0.5) is 0 Å². The van der Waals surface area contributed by atoms with Gasteiger partial charge in [0.1, 0.15) is 5.38 Å². The molecule has 4 rings (SSSR count). The van der Waals surface area contributed by atoms with Gasteiger partial charge in [0.25, 0.3) is 0 Å². The van der Waals surface area contributed by atoms with Crippen LogP contribution in [0.5, 0.6) is 0 Å². The molecule has 4 aliphatic carbocycles. The van der Waals surface area contributed by atoms with Gasteiger partial charge in [-0.3, -0.25) is 4.79 Å². The summed E-state index contributed by atoms with van der Waals surface area (Å²) in [5.74, 6) is -0.109.